The molecular weight excluding hydrogens is 334 g/mol. The van der Waals surface area contributed by atoms with Crippen LogP contribution in [0.4, 0.5) is 0 Å². The summed E-state index contributed by atoms with van der Waals surface area (Å²) in [7, 11) is 0. The molecule has 1 aromatic heterocycles. The highest BCUT2D eigenvalue weighted by atomic mass is 16.5. The molecule has 7 heteroatoms. The normalized spacial score (nSPS) is 17.5. The van der Waals surface area contributed by atoms with E-state index in [1.54, 1.807) is 24.0 Å². The van der Waals surface area contributed by atoms with E-state index >= 15 is 0 Å². The van der Waals surface area contributed by atoms with Crippen LogP contribution < -0.4 is 4.74 Å². The minimum atomic E-state index is -0.358. The zero-order chi connectivity index (χ0) is 18.5. The Kier molecular flexibility index (Phi) is 5.88. The number of amides is 1. The minimum Gasteiger partial charge on any atom is -0.494 e. The van der Waals surface area contributed by atoms with Gasteiger partial charge in [-0.3, -0.25) is 4.79 Å². The van der Waals surface area contributed by atoms with Gasteiger partial charge in [0.1, 0.15) is 11.9 Å². The fraction of sp³-hybridized carbons (Fsp3) is 0.526. The van der Waals surface area contributed by atoms with Crippen LogP contribution in [-0.4, -0.2) is 47.3 Å². The van der Waals surface area contributed by atoms with Crippen LogP contribution in [0.3, 0.4) is 0 Å². The van der Waals surface area contributed by atoms with Gasteiger partial charge >= 0.3 is 0 Å². The number of hydrogen-bond donors (Lipinski definition) is 0. The van der Waals surface area contributed by atoms with Gasteiger partial charge in [0.2, 0.25) is 11.7 Å². The second-order valence-electron chi connectivity index (χ2n) is 6.84. The number of aryl methyl sites for hydroxylation is 1. The molecule has 2 aromatic rings. The number of aromatic nitrogens is 2. The molecule has 1 aliphatic heterocycles. The largest absolute Gasteiger partial charge is 0.494 e. The van der Waals surface area contributed by atoms with Crippen LogP contribution >= 0.6 is 0 Å². The molecule has 0 saturated carbocycles. The molecule has 2 heterocycles. The van der Waals surface area contributed by atoms with Gasteiger partial charge in [0, 0.05) is 19.0 Å². The molecule has 140 valence electrons. The number of benzene rings is 1. The average molecular weight is 359 g/mol. The summed E-state index contributed by atoms with van der Waals surface area (Å²) in [5, 5.41) is 3.89. The summed E-state index contributed by atoms with van der Waals surface area (Å²) in [6.45, 7) is 8.13. The van der Waals surface area contributed by atoms with E-state index in [-0.39, 0.29) is 12.0 Å². The third-order valence-electron chi connectivity index (χ3n) is 4.25. The van der Waals surface area contributed by atoms with Gasteiger partial charge in [0.15, 0.2) is 0 Å². The van der Waals surface area contributed by atoms with Gasteiger partial charge in [-0.15, -0.1) is 0 Å². The first-order valence-corrected chi connectivity index (χ1v) is 8.97. The molecule has 1 amide bonds. The molecule has 0 unspecified atom stereocenters. The molecule has 0 aliphatic carbocycles. The van der Waals surface area contributed by atoms with Crippen LogP contribution in [0.2, 0.25) is 0 Å². The molecule has 1 fully saturated rings. The molecule has 1 atom stereocenters. The van der Waals surface area contributed by atoms with E-state index in [2.05, 4.69) is 24.0 Å². The van der Waals surface area contributed by atoms with Crippen molar-refractivity contribution in [1.29, 1.82) is 0 Å². The fourth-order valence-electron chi connectivity index (χ4n) is 2.72. The van der Waals surface area contributed by atoms with Crippen LogP contribution in [-0.2, 0) is 4.74 Å². The van der Waals surface area contributed by atoms with Gasteiger partial charge in [-0.25, -0.2) is 0 Å². The topological polar surface area (TPSA) is 77.7 Å². The zero-order valence-electron chi connectivity index (χ0n) is 15.5. The monoisotopic (exact) mass is 359 g/mol. The molecule has 0 spiro atoms. The Hall–Kier alpha value is -2.41. The number of hydrogen-bond acceptors (Lipinski definition) is 6. The molecule has 0 N–H and O–H groups in total. The lowest BCUT2D eigenvalue weighted by Crippen LogP contribution is -2.42. The molecule has 1 aliphatic rings. The summed E-state index contributed by atoms with van der Waals surface area (Å²) in [5.41, 5.74) is 0.631. The molecule has 3 rings (SSSR count). The van der Waals surface area contributed by atoms with E-state index in [0.29, 0.717) is 49.5 Å². The Morgan fingerprint density at radius 2 is 2.12 bits per heavy atom. The Bertz CT molecular complexity index is 727. The van der Waals surface area contributed by atoms with Gasteiger partial charge in [-0.1, -0.05) is 19.0 Å². The number of carbonyl (C=O) groups excluding carboxylic acids is 1. The van der Waals surface area contributed by atoms with Crippen molar-refractivity contribution in [2.24, 2.45) is 5.92 Å². The molecule has 1 aromatic carbocycles. The predicted molar refractivity (Wildman–Crippen MR) is 95.0 cm³/mol. The van der Waals surface area contributed by atoms with Crippen LogP contribution in [0, 0.1) is 12.8 Å². The van der Waals surface area contributed by atoms with Crippen molar-refractivity contribution in [3.63, 3.8) is 0 Å². The van der Waals surface area contributed by atoms with Gasteiger partial charge < -0.3 is 18.9 Å². The molecule has 26 heavy (non-hydrogen) atoms. The average Bonchev–Trinajstić information content (AvgIpc) is 3.08. The highest BCUT2D eigenvalue weighted by Crippen LogP contribution is 2.22. The van der Waals surface area contributed by atoms with Crippen molar-refractivity contribution < 1.29 is 18.8 Å². The van der Waals surface area contributed by atoms with Crippen molar-refractivity contribution in [3.8, 4) is 5.75 Å². The van der Waals surface area contributed by atoms with E-state index in [1.165, 1.54) is 0 Å². The summed E-state index contributed by atoms with van der Waals surface area (Å²) >= 11 is 0. The van der Waals surface area contributed by atoms with Crippen molar-refractivity contribution in [1.82, 2.24) is 15.0 Å². The third kappa shape index (κ3) is 4.60. The van der Waals surface area contributed by atoms with E-state index in [4.69, 9.17) is 14.0 Å². The number of carbonyl (C=O) groups is 1. The lowest BCUT2D eigenvalue weighted by Gasteiger charge is -2.31. The zero-order valence-corrected chi connectivity index (χ0v) is 15.5. The summed E-state index contributed by atoms with van der Waals surface area (Å²) in [5.74, 6) is 2.32. The Labute approximate surface area is 153 Å². The number of morpholine rings is 1. The quantitative estimate of drug-likeness (QED) is 0.789. The minimum absolute atomic E-state index is 0.0350. The van der Waals surface area contributed by atoms with Crippen molar-refractivity contribution in [3.05, 3.63) is 41.5 Å². The van der Waals surface area contributed by atoms with Gasteiger partial charge in [-0.05, 0) is 36.6 Å². The van der Waals surface area contributed by atoms with E-state index in [9.17, 15) is 4.79 Å². The number of nitrogens with zero attached hydrogens (tertiary/aromatic N) is 3. The van der Waals surface area contributed by atoms with Crippen LogP contribution in [0.5, 0.6) is 5.75 Å². The Morgan fingerprint density at radius 3 is 2.77 bits per heavy atom. The summed E-state index contributed by atoms with van der Waals surface area (Å²) < 4.78 is 16.4. The second-order valence-corrected chi connectivity index (χ2v) is 6.84. The number of rotatable bonds is 6. The predicted octanol–water partition coefficient (Wildman–Crippen LogP) is 3.02. The highest BCUT2D eigenvalue weighted by molar-refractivity contribution is 5.94. The Balaban J connectivity index is 1.59. The molecule has 0 radical (unpaired) electrons. The summed E-state index contributed by atoms with van der Waals surface area (Å²) in [6.07, 6.45) is 0.648. The van der Waals surface area contributed by atoms with Gasteiger partial charge in [-0.2, -0.15) is 4.98 Å². The van der Waals surface area contributed by atoms with Crippen molar-refractivity contribution in [2.75, 3.05) is 26.3 Å². The van der Waals surface area contributed by atoms with Crippen molar-refractivity contribution in [2.45, 2.75) is 33.3 Å². The van der Waals surface area contributed by atoms with E-state index in [0.717, 1.165) is 12.2 Å². The SMILES string of the molecule is Cc1nc([C@H]2CN(C(=O)c3ccc(OCCC(C)C)cc3)CCO2)no1. The standard InChI is InChI=1S/C19H25N3O4/c1-13(2)8-10-24-16-6-4-15(5-7-16)19(23)22-9-11-25-17(12-22)18-20-14(3)26-21-18/h4-7,13,17H,8-12H2,1-3H3/t17-/m1/s1. The smallest absolute Gasteiger partial charge is 0.254 e. The lowest BCUT2D eigenvalue weighted by atomic mass is 10.1. The maximum Gasteiger partial charge on any atom is 0.254 e. The van der Waals surface area contributed by atoms with Crippen LogP contribution in [0.25, 0.3) is 0 Å². The maximum atomic E-state index is 12.8. The molecular formula is C19H25N3O4. The van der Waals surface area contributed by atoms with Crippen LogP contribution in [0.15, 0.2) is 28.8 Å². The first-order chi connectivity index (χ1) is 12.5. The first-order valence-electron chi connectivity index (χ1n) is 8.97. The van der Waals surface area contributed by atoms with Gasteiger partial charge in [0.05, 0.1) is 19.8 Å². The van der Waals surface area contributed by atoms with E-state index in [1.807, 2.05) is 12.1 Å². The lowest BCUT2D eigenvalue weighted by molar-refractivity contribution is -0.0276. The van der Waals surface area contributed by atoms with Crippen molar-refractivity contribution >= 4 is 5.91 Å². The second kappa shape index (κ2) is 8.31. The molecule has 7 nitrogen and oxygen atoms in total. The maximum absolute atomic E-state index is 12.8. The summed E-state index contributed by atoms with van der Waals surface area (Å²) in [6, 6.07) is 7.29. The first kappa shape index (κ1) is 18.4. The molecule has 0 bridgehead atoms. The molecule has 1 saturated heterocycles. The van der Waals surface area contributed by atoms with E-state index < -0.39 is 0 Å². The Morgan fingerprint density at radius 1 is 1.35 bits per heavy atom. The number of ether oxygens (including phenoxy) is 2. The van der Waals surface area contributed by atoms with Crippen LogP contribution in [0.1, 0.15) is 48.4 Å². The fourth-order valence-corrected chi connectivity index (χ4v) is 2.72. The summed E-state index contributed by atoms with van der Waals surface area (Å²) in [4.78, 5) is 18.7. The highest BCUT2D eigenvalue weighted by Gasteiger charge is 2.29. The van der Waals surface area contributed by atoms with Gasteiger partial charge in [0.25, 0.3) is 5.91 Å². The third-order valence-corrected chi connectivity index (χ3v) is 4.25.